The van der Waals surface area contributed by atoms with Gasteiger partial charge in [0.05, 0.1) is 5.69 Å². The SMILES string of the molecule is CCCC(C)N(C)c1nc2ccccn2c1CCN. The van der Waals surface area contributed by atoms with Gasteiger partial charge >= 0.3 is 0 Å². The van der Waals surface area contributed by atoms with Crippen molar-refractivity contribution in [2.24, 2.45) is 5.73 Å². The molecule has 104 valence electrons. The van der Waals surface area contributed by atoms with E-state index in [9.17, 15) is 0 Å². The minimum Gasteiger partial charge on any atom is -0.355 e. The van der Waals surface area contributed by atoms with Gasteiger partial charge in [-0.2, -0.15) is 0 Å². The molecule has 2 N–H and O–H groups in total. The highest BCUT2D eigenvalue weighted by Gasteiger charge is 2.18. The fraction of sp³-hybridized carbons (Fsp3) is 0.533. The van der Waals surface area contributed by atoms with Gasteiger partial charge < -0.3 is 15.0 Å². The van der Waals surface area contributed by atoms with Crippen molar-refractivity contribution in [3.63, 3.8) is 0 Å². The molecule has 0 aliphatic carbocycles. The summed E-state index contributed by atoms with van der Waals surface area (Å²) in [7, 11) is 2.13. The van der Waals surface area contributed by atoms with Gasteiger partial charge in [-0.25, -0.2) is 4.98 Å². The highest BCUT2D eigenvalue weighted by atomic mass is 15.2. The average Bonchev–Trinajstić information content (AvgIpc) is 2.78. The van der Waals surface area contributed by atoms with Crippen molar-refractivity contribution < 1.29 is 0 Å². The summed E-state index contributed by atoms with van der Waals surface area (Å²) in [6.45, 7) is 5.11. The van der Waals surface area contributed by atoms with E-state index >= 15 is 0 Å². The Bertz CT molecular complexity index is 532. The summed E-state index contributed by atoms with van der Waals surface area (Å²) in [4.78, 5) is 7.05. The molecule has 0 spiro atoms. The third-order valence-electron chi connectivity index (χ3n) is 3.69. The third kappa shape index (κ3) is 2.73. The molecule has 2 aromatic rings. The van der Waals surface area contributed by atoms with Crippen LogP contribution >= 0.6 is 0 Å². The van der Waals surface area contributed by atoms with Crippen LogP contribution < -0.4 is 10.6 Å². The fourth-order valence-electron chi connectivity index (χ4n) is 2.51. The topological polar surface area (TPSA) is 46.6 Å². The van der Waals surface area contributed by atoms with Gasteiger partial charge in [-0.1, -0.05) is 19.4 Å². The van der Waals surface area contributed by atoms with Gasteiger partial charge in [0, 0.05) is 25.7 Å². The van der Waals surface area contributed by atoms with Gasteiger partial charge in [0.25, 0.3) is 0 Å². The molecule has 1 atom stereocenters. The van der Waals surface area contributed by atoms with E-state index in [1.165, 1.54) is 18.5 Å². The molecule has 0 radical (unpaired) electrons. The zero-order valence-corrected chi connectivity index (χ0v) is 12.1. The number of pyridine rings is 1. The molecule has 0 fully saturated rings. The van der Waals surface area contributed by atoms with Crippen LogP contribution in [0.3, 0.4) is 0 Å². The number of hydrogen-bond acceptors (Lipinski definition) is 3. The van der Waals surface area contributed by atoms with Crippen LogP contribution in [0.4, 0.5) is 5.82 Å². The van der Waals surface area contributed by atoms with Crippen molar-refractivity contribution in [3.05, 3.63) is 30.1 Å². The average molecular weight is 260 g/mol. The summed E-state index contributed by atoms with van der Waals surface area (Å²) in [6.07, 6.45) is 5.27. The molecule has 4 nitrogen and oxygen atoms in total. The fourth-order valence-corrected chi connectivity index (χ4v) is 2.51. The van der Waals surface area contributed by atoms with Crippen molar-refractivity contribution in [2.45, 2.75) is 39.2 Å². The van der Waals surface area contributed by atoms with E-state index in [0.29, 0.717) is 12.6 Å². The first-order chi connectivity index (χ1) is 9.19. The summed E-state index contributed by atoms with van der Waals surface area (Å²) in [5.74, 6) is 1.07. The number of aromatic nitrogens is 2. The molecule has 0 saturated heterocycles. The minimum absolute atomic E-state index is 0.492. The molecule has 0 saturated carbocycles. The predicted molar refractivity (Wildman–Crippen MR) is 80.7 cm³/mol. The first-order valence-corrected chi connectivity index (χ1v) is 7.07. The largest absolute Gasteiger partial charge is 0.355 e. The van der Waals surface area contributed by atoms with Crippen LogP contribution in [0.5, 0.6) is 0 Å². The highest BCUT2D eigenvalue weighted by molar-refractivity contribution is 5.56. The molecule has 1 unspecified atom stereocenters. The Morgan fingerprint density at radius 1 is 1.42 bits per heavy atom. The van der Waals surface area contributed by atoms with Crippen LogP contribution in [0.25, 0.3) is 5.65 Å². The normalized spacial score (nSPS) is 12.8. The standard InChI is InChI=1S/C15H24N4/c1-4-7-12(2)18(3)15-13(9-10-16)19-11-6-5-8-14(19)17-15/h5-6,8,11-12H,4,7,9-10,16H2,1-3H3. The first kappa shape index (κ1) is 13.9. The maximum absolute atomic E-state index is 5.75. The van der Waals surface area contributed by atoms with Crippen LogP contribution in [0, 0.1) is 0 Å². The summed E-state index contributed by atoms with van der Waals surface area (Å²) in [5.41, 5.74) is 7.96. The van der Waals surface area contributed by atoms with Gasteiger partial charge in [-0.05, 0) is 32.0 Å². The van der Waals surface area contributed by atoms with Gasteiger partial charge in [0.1, 0.15) is 5.65 Å². The van der Waals surface area contributed by atoms with Crippen LogP contribution in [0.1, 0.15) is 32.4 Å². The molecule has 2 rings (SSSR count). The summed E-state index contributed by atoms with van der Waals surface area (Å²) < 4.78 is 2.15. The van der Waals surface area contributed by atoms with Gasteiger partial charge in [0.15, 0.2) is 5.82 Å². The maximum Gasteiger partial charge on any atom is 0.151 e. The number of rotatable bonds is 6. The van der Waals surface area contributed by atoms with Crippen molar-refractivity contribution in [2.75, 3.05) is 18.5 Å². The molecule has 0 amide bonds. The number of nitrogens with zero attached hydrogens (tertiary/aromatic N) is 3. The Morgan fingerprint density at radius 2 is 2.21 bits per heavy atom. The smallest absolute Gasteiger partial charge is 0.151 e. The predicted octanol–water partition coefficient (Wildman–Crippen LogP) is 2.46. The van der Waals surface area contributed by atoms with E-state index in [1.807, 2.05) is 18.2 Å². The second-order valence-corrected chi connectivity index (χ2v) is 5.10. The molecule has 4 heteroatoms. The van der Waals surface area contributed by atoms with Crippen LogP contribution in [-0.2, 0) is 6.42 Å². The van der Waals surface area contributed by atoms with Gasteiger partial charge in [-0.3, -0.25) is 0 Å². The van der Waals surface area contributed by atoms with Gasteiger partial charge in [0.2, 0.25) is 0 Å². The zero-order valence-electron chi connectivity index (χ0n) is 12.1. The summed E-state index contributed by atoms with van der Waals surface area (Å²) in [6, 6.07) is 6.59. The summed E-state index contributed by atoms with van der Waals surface area (Å²) >= 11 is 0. The van der Waals surface area contributed by atoms with Crippen LogP contribution in [0.2, 0.25) is 0 Å². The van der Waals surface area contributed by atoms with E-state index in [0.717, 1.165) is 17.9 Å². The molecule has 0 aliphatic rings. The van der Waals surface area contributed by atoms with Crippen LogP contribution in [-0.4, -0.2) is 29.0 Å². The van der Waals surface area contributed by atoms with E-state index in [4.69, 9.17) is 10.7 Å². The zero-order chi connectivity index (χ0) is 13.8. The van der Waals surface area contributed by atoms with Crippen molar-refractivity contribution in [3.8, 4) is 0 Å². The lowest BCUT2D eigenvalue weighted by molar-refractivity contribution is 0.610. The monoisotopic (exact) mass is 260 g/mol. The molecule has 2 heterocycles. The lowest BCUT2D eigenvalue weighted by Gasteiger charge is -2.25. The van der Waals surface area contributed by atoms with Crippen LogP contribution in [0.15, 0.2) is 24.4 Å². The number of anilines is 1. The Hall–Kier alpha value is -1.55. The van der Waals surface area contributed by atoms with E-state index < -0.39 is 0 Å². The minimum atomic E-state index is 0.492. The quantitative estimate of drug-likeness (QED) is 0.868. The number of hydrogen-bond donors (Lipinski definition) is 1. The Kier molecular flexibility index (Phi) is 4.43. The molecular weight excluding hydrogens is 236 g/mol. The Balaban J connectivity index is 2.43. The first-order valence-electron chi connectivity index (χ1n) is 7.07. The lowest BCUT2D eigenvalue weighted by Crippen LogP contribution is -2.30. The molecule has 0 aromatic carbocycles. The number of fused-ring (bicyclic) bond motifs is 1. The summed E-state index contributed by atoms with van der Waals surface area (Å²) in [5, 5.41) is 0. The number of imidazole rings is 1. The molecule has 2 aromatic heterocycles. The lowest BCUT2D eigenvalue weighted by atomic mass is 10.1. The Labute approximate surface area is 115 Å². The second kappa shape index (κ2) is 6.06. The Morgan fingerprint density at radius 3 is 2.89 bits per heavy atom. The second-order valence-electron chi connectivity index (χ2n) is 5.10. The third-order valence-corrected chi connectivity index (χ3v) is 3.69. The van der Waals surface area contributed by atoms with Gasteiger partial charge in [-0.15, -0.1) is 0 Å². The molecule has 19 heavy (non-hydrogen) atoms. The van der Waals surface area contributed by atoms with Crippen molar-refractivity contribution in [1.82, 2.24) is 9.38 Å². The van der Waals surface area contributed by atoms with E-state index in [-0.39, 0.29) is 0 Å². The van der Waals surface area contributed by atoms with E-state index in [2.05, 4.69) is 36.4 Å². The maximum atomic E-state index is 5.75. The highest BCUT2D eigenvalue weighted by Crippen LogP contribution is 2.23. The molecular formula is C15H24N4. The molecule has 0 aliphatic heterocycles. The van der Waals surface area contributed by atoms with Crippen molar-refractivity contribution in [1.29, 1.82) is 0 Å². The van der Waals surface area contributed by atoms with Crippen molar-refractivity contribution >= 4 is 11.5 Å². The number of nitrogens with two attached hydrogens (primary N) is 1. The van der Waals surface area contributed by atoms with E-state index in [1.54, 1.807) is 0 Å². The molecule has 0 bridgehead atoms.